The van der Waals surface area contributed by atoms with Crippen molar-refractivity contribution in [2.45, 2.75) is 0 Å². The molecule has 0 atom stereocenters. The third-order valence-electron chi connectivity index (χ3n) is 3.59. The number of nitrogens with one attached hydrogen (secondary N) is 2. The molecule has 2 N–H and O–H groups in total. The maximum atomic E-state index is 11.4. The summed E-state index contributed by atoms with van der Waals surface area (Å²) in [7, 11) is 2.88. The van der Waals surface area contributed by atoms with E-state index in [1.807, 2.05) is 36.4 Å². The average molecular weight is 351 g/mol. The standard InChI is InChI=1S/C18H17N5O3/c1-19-18(25)21-15-11-23-16(20-15)10-9-14(22-23)8-5-12-3-6-13(7-4-12)17(24)26-2/h3-11H,1-2H3,(H2,19,21,25). The number of rotatable bonds is 4. The van der Waals surface area contributed by atoms with Crippen LogP contribution in [0.1, 0.15) is 21.6 Å². The van der Waals surface area contributed by atoms with Crippen LogP contribution < -0.4 is 10.6 Å². The van der Waals surface area contributed by atoms with Gasteiger partial charge in [0, 0.05) is 7.05 Å². The maximum absolute atomic E-state index is 11.4. The molecule has 2 amide bonds. The summed E-state index contributed by atoms with van der Waals surface area (Å²) in [4.78, 5) is 27.0. The number of imidazole rings is 1. The van der Waals surface area contributed by atoms with Crippen molar-refractivity contribution in [3.8, 4) is 0 Å². The van der Waals surface area contributed by atoms with Crippen molar-refractivity contribution >= 4 is 35.6 Å². The number of anilines is 1. The number of benzene rings is 1. The molecular formula is C18H17N5O3. The van der Waals surface area contributed by atoms with E-state index in [2.05, 4.69) is 25.5 Å². The minimum atomic E-state index is -0.367. The zero-order chi connectivity index (χ0) is 18.5. The van der Waals surface area contributed by atoms with Gasteiger partial charge in [-0.3, -0.25) is 5.32 Å². The Hall–Kier alpha value is -3.68. The number of methoxy groups -OCH3 is 1. The predicted octanol–water partition coefficient (Wildman–Crippen LogP) is 2.44. The number of carbonyl (C=O) groups excluding carboxylic acids is 2. The summed E-state index contributed by atoms with van der Waals surface area (Å²) in [6.07, 6.45) is 5.36. The lowest BCUT2D eigenvalue weighted by molar-refractivity contribution is 0.0600. The third kappa shape index (κ3) is 3.86. The first kappa shape index (κ1) is 17.2. The Morgan fingerprint density at radius 3 is 2.58 bits per heavy atom. The van der Waals surface area contributed by atoms with Crippen molar-refractivity contribution in [3.05, 3.63) is 59.4 Å². The molecule has 132 valence electrons. The van der Waals surface area contributed by atoms with Crippen LogP contribution in [0, 0.1) is 0 Å². The molecule has 0 aliphatic rings. The molecule has 0 radical (unpaired) electrons. The molecule has 26 heavy (non-hydrogen) atoms. The second-order valence-electron chi connectivity index (χ2n) is 5.34. The van der Waals surface area contributed by atoms with Crippen molar-refractivity contribution in [1.82, 2.24) is 19.9 Å². The molecule has 3 rings (SSSR count). The van der Waals surface area contributed by atoms with E-state index in [0.717, 1.165) is 11.3 Å². The second kappa shape index (κ2) is 7.47. The maximum Gasteiger partial charge on any atom is 0.337 e. The first-order valence-electron chi connectivity index (χ1n) is 7.80. The fourth-order valence-corrected chi connectivity index (χ4v) is 2.25. The molecule has 1 aromatic carbocycles. The van der Waals surface area contributed by atoms with Crippen molar-refractivity contribution in [3.63, 3.8) is 0 Å². The zero-order valence-corrected chi connectivity index (χ0v) is 14.3. The summed E-state index contributed by atoms with van der Waals surface area (Å²) in [6.45, 7) is 0. The normalized spacial score (nSPS) is 10.8. The summed E-state index contributed by atoms with van der Waals surface area (Å²) in [5, 5.41) is 9.49. The lowest BCUT2D eigenvalue weighted by atomic mass is 10.1. The summed E-state index contributed by atoms with van der Waals surface area (Å²) < 4.78 is 6.26. The Balaban J connectivity index is 1.76. The highest BCUT2D eigenvalue weighted by atomic mass is 16.5. The number of esters is 1. The van der Waals surface area contributed by atoms with Gasteiger partial charge in [0.05, 0.1) is 24.6 Å². The fraction of sp³-hybridized carbons (Fsp3) is 0.111. The molecule has 0 aliphatic carbocycles. The second-order valence-corrected chi connectivity index (χ2v) is 5.34. The monoisotopic (exact) mass is 351 g/mol. The van der Waals surface area contributed by atoms with Crippen LogP contribution in [-0.2, 0) is 4.74 Å². The summed E-state index contributed by atoms with van der Waals surface area (Å²) >= 11 is 0. The molecule has 3 aromatic rings. The molecule has 8 heteroatoms. The average Bonchev–Trinajstić information content (AvgIpc) is 3.07. The van der Waals surface area contributed by atoms with Gasteiger partial charge < -0.3 is 10.1 Å². The molecule has 0 fully saturated rings. The highest BCUT2D eigenvalue weighted by molar-refractivity contribution is 5.89. The Bertz CT molecular complexity index is 976. The smallest absolute Gasteiger partial charge is 0.337 e. The molecule has 0 spiro atoms. The van der Waals surface area contributed by atoms with Crippen molar-refractivity contribution in [2.24, 2.45) is 0 Å². The van der Waals surface area contributed by atoms with Crippen LogP contribution in [0.2, 0.25) is 0 Å². The van der Waals surface area contributed by atoms with E-state index < -0.39 is 0 Å². The first-order chi connectivity index (χ1) is 12.6. The quantitative estimate of drug-likeness (QED) is 0.704. The Morgan fingerprint density at radius 2 is 1.88 bits per heavy atom. The molecule has 8 nitrogen and oxygen atoms in total. The number of fused-ring (bicyclic) bond motifs is 1. The summed E-state index contributed by atoms with van der Waals surface area (Å²) in [5.41, 5.74) is 2.76. The number of ether oxygens (including phenoxy) is 1. The van der Waals surface area contributed by atoms with Gasteiger partial charge in [0.25, 0.3) is 0 Å². The lowest BCUT2D eigenvalue weighted by Gasteiger charge is -1.99. The van der Waals surface area contributed by atoms with Crippen LogP contribution in [0.15, 0.2) is 42.6 Å². The Labute approximate surface area is 149 Å². The summed E-state index contributed by atoms with van der Waals surface area (Å²) in [5.74, 6) is 0.0466. The van der Waals surface area contributed by atoms with Crippen molar-refractivity contribution in [1.29, 1.82) is 0 Å². The number of urea groups is 1. The molecule has 0 bridgehead atoms. The molecule has 0 aliphatic heterocycles. The van der Waals surface area contributed by atoms with Gasteiger partial charge in [-0.15, -0.1) is 0 Å². The number of hydrogen-bond donors (Lipinski definition) is 2. The van der Waals surface area contributed by atoms with E-state index in [1.165, 1.54) is 14.2 Å². The molecule has 0 saturated carbocycles. The minimum absolute atomic E-state index is 0.344. The van der Waals surface area contributed by atoms with Gasteiger partial charge in [-0.2, -0.15) is 5.10 Å². The van der Waals surface area contributed by atoms with E-state index in [-0.39, 0.29) is 12.0 Å². The lowest BCUT2D eigenvalue weighted by Crippen LogP contribution is -2.24. The van der Waals surface area contributed by atoms with Gasteiger partial charge in [-0.1, -0.05) is 18.2 Å². The minimum Gasteiger partial charge on any atom is -0.465 e. The van der Waals surface area contributed by atoms with Crippen LogP contribution in [-0.4, -0.2) is 40.8 Å². The van der Waals surface area contributed by atoms with Crippen molar-refractivity contribution in [2.75, 3.05) is 19.5 Å². The number of amides is 2. The largest absolute Gasteiger partial charge is 0.465 e. The van der Waals surface area contributed by atoms with Gasteiger partial charge in [-0.25, -0.2) is 19.1 Å². The van der Waals surface area contributed by atoms with Crippen LogP contribution in [0.25, 0.3) is 17.8 Å². The van der Waals surface area contributed by atoms with Crippen LogP contribution in [0.4, 0.5) is 10.6 Å². The van der Waals surface area contributed by atoms with Gasteiger partial charge >= 0.3 is 12.0 Å². The van der Waals surface area contributed by atoms with Gasteiger partial charge in [0.1, 0.15) is 0 Å². The first-order valence-corrected chi connectivity index (χ1v) is 7.80. The van der Waals surface area contributed by atoms with Crippen LogP contribution in [0.5, 0.6) is 0 Å². The number of hydrogen-bond acceptors (Lipinski definition) is 5. The number of aromatic nitrogens is 3. The topological polar surface area (TPSA) is 97.6 Å². The van der Waals surface area contributed by atoms with E-state index in [1.54, 1.807) is 22.8 Å². The van der Waals surface area contributed by atoms with Gasteiger partial charge in [0.2, 0.25) is 0 Å². The molecule has 2 heterocycles. The zero-order valence-electron chi connectivity index (χ0n) is 14.3. The van der Waals surface area contributed by atoms with E-state index >= 15 is 0 Å². The fourth-order valence-electron chi connectivity index (χ4n) is 2.25. The van der Waals surface area contributed by atoms with Gasteiger partial charge in [-0.05, 0) is 35.9 Å². The SMILES string of the molecule is CNC(=O)Nc1cn2nc(C=Cc3ccc(C(=O)OC)cc3)ccc2n1. The van der Waals surface area contributed by atoms with E-state index in [0.29, 0.717) is 17.0 Å². The van der Waals surface area contributed by atoms with Crippen molar-refractivity contribution < 1.29 is 14.3 Å². The highest BCUT2D eigenvalue weighted by Gasteiger charge is 2.06. The third-order valence-corrected chi connectivity index (χ3v) is 3.59. The highest BCUT2D eigenvalue weighted by Crippen LogP contribution is 2.12. The number of carbonyl (C=O) groups is 2. The van der Waals surface area contributed by atoms with Crippen LogP contribution in [0.3, 0.4) is 0 Å². The molecule has 0 unspecified atom stereocenters. The predicted molar refractivity (Wildman–Crippen MR) is 97.8 cm³/mol. The van der Waals surface area contributed by atoms with E-state index in [9.17, 15) is 9.59 Å². The Kier molecular flexibility index (Phi) is 4.93. The van der Waals surface area contributed by atoms with E-state index in [4.69, 9.17) is 0 Å². The van der Waals surface area contributed by atoms with Gasteiger partial charge in [0.15, 0.2) is 11.5 Å². The molecular weight excluding hydrogens is 334 g/mol. The summed E-state index contributed by atoms with van der Waals surface area (Å²) in [6, 6.07) is 10.3. The number of nitrogens with zero attached hydrogens (tertiary/aromatic N) is 3. The molecule has 2 aromatic heterocycles. The van der Waals surface area contributed by atoms with Crippen LogP contribution >= 0.6 is 0 Å². The molecule has 0 saturated heterocycles. The Morgan fingerprint density at radius 1 is 1.12 bits per heavy atom.